The van der Waals surface area contributed by atoms with E-state index in [1.54, 1.807) is 20.7 Å². The third-order valence-corrected chi connectivity index (χ3v) is 6.45. The first-order valence-electron chi connectivity index (χ1n) is 12.0. The molecule has 1 unspecified atom stereocenters. The summed E-state index contributed by atoms with van der Waals surface area (Å²) >= 11 is 0. The van der Waals surface area contributed by atoms with Crippen LogP contribution in [0.5, 0.6) is 0 Å². The van der Waals surface area contributed by atoms with Crippen molar-refractivity contribution in [2.24, 2.45) is 0 Å². The van der Waals surface area contributed by atoms with Gasteiger partial charge in [-0.15, -0.1) is 0 Å². The van der Waals surface area contributed by atoms with Gasteiger partial charge in [0.2, 0.25) is 5.91 Å². The maximum atomic E-state index is 14.9. The lowest BCUT2D eigenvalue weighted by Gasteiger charge is -2.45. The smallest absolute Gasteiger partial charge is 0.266 e. The summed E-state index contributed by atoms with van der Waals surface area (Å²) < 4.78 is 79.6. The molecule has 1 saturated heterocycles. The number of benzene rings is 1. The highest BCUT2D eigenvalue weighted by Gasteiger charge is 2.54. The molecule has 4 rings (SSSR count). The van der Waals surface area contributed by atoms with Gasteiger partial charge in [0, 0.05) is 29.9 Å². The Morgan fingerprint density at radius 1 is 1.19 bits per heavy atom. The zero-order chi connectivity index (χ0) is 27.0. The van der Waals surface area contributed by atoms with E-state index in [0.717, 1.165) is 6.07 Å². The van der Waals surface area contributed by atoms with Crippen LogP contribution >= 0.6 is 0 Å². The molecule has 0 spiro atoms. The fourth-order valence-corrected chi connectivity index (χ4v) is 4.94. The number of nitrogens with zero attached hydrogens (tertiary/aromatic N) is 2. The van der Waals surface area contributed by atoms with E-state index >= 15 is 0 Å². The van der Waals surface area contributed by atoms with Gasteiger partial charge in [0.05, 0.1) is 36.5 Å². The van der Waals surface area contributed by atoms with E-state index < -0.39 is 60.2 Å². The number of hydrogen-bond acceptors (Lipinski definition) is 6. The summed E-state index contributed by atoms with van der Waals surface area (Å²) in [6, 6.07) is 3.81. The van der Waals surface area contributed by atoms with Crippen LogP contribution in [0.2, 0.25) is 6.82 Å². The van der Waals surface area contributed by atoms with Crippen LogP contribution < -0.4 is 10.6 Å². The van der Waals surface area contributed by atoms with Crippen molar-refractivity contribution in [3.05, 3.63) is 52.2 Å². The number of aryl methyl sites for hydroxylation is 1. The maximum Gasteiger partial charge on any atom is 0.266 e. The average molecular weight is 526 g/mol. The topological polar surface area (TPSA) is 85.4 Å². The molecule has 1 aliphatic heterocycles. The zero-order valence-electron chi connectivity index (χ0n) is 20.7. The minimum Gasteiger partial charge on any atom is -0.370 e. The van der Waals surface area contributed by atoms with Crippen LogP contribution in [0.25, 0.3) is 0 Å². The Hall–Kier alpha value is -2.80. The molecule has 2 fully saturated rings. The third-order valence-electron chi connectivity index (χ3n) is 6.45. The molecule has 7 nitrogen and oxygen atoms in total. The predicted octanol–water partition coefficient (Wildman–Crippen LogP) is 4.35. The Balaban J connectivity index is 1.65. The highest BCUT2D eigenvalue weighted by Crippen LogP contribution is 2.45. The average Bonchev–Trinajstić information content (AvgIpc) is 3.30. The van der Waals surface area contributed by atoms with Crippen molar-refractivity contribution in [2.75, 3.05) is 18.5 Å². The SMILES string of the molecule is CBC(Nc1nc(C)nc(CC(=O)NC2(C)CC(F)(F)C2)c1C1OCCO1)c1cccc(C(F)F)c1F. The normalized spacial score (nSPS) is 19.4. The number of hydrogen-bond donors (Lipinski definition) is 2. The summed E-state index contributed by atoms with van der Waals surface area (Å²) in [5.41, 5.74) is -1.12. The van der Waals surface area contributed by atoms with Crippen molar-refractivity contribution in [3.8, 4) is 0 Å². The highest BCUT2D eigenvalue weighted by atomic mass is 19.3. The van der Waals surface area contributed by atoms with E-state index in [0.29, 0.717) is 12.8 Å². The highest BCUT2D eigenvalue weighted by molar-refractivity contribution is 6.36. The molecule has 0 bridgehead atoms. The molecular formula is C24H28BF5N4O3. The lowest BCUT2D eigenvalue weighted by atomic mass is 9.68. The standard InChI is InChI=1S/C24H28BF5N4O3/c1-12-31-15(9-16(35)34-23(2)10-24(29,30)11-23)17(22-36-7-8-37-22)21(32-12)33-19(25-3)13-5-4-6-14(18(13)26)20(27)28/h4-6,19-20,22,25H,7-11H2,1-3H3,(H,34,35)(H,31,32,33). The van der Waals surface area contributed by atoms with Crippen molar-refractivity contribution in [2.45, 2.75) is 70.1 Å². The van der Waals surface area contributed by atoms with Crippen LogP contribution in [-0.2, 0) is 20.7 Å². The molecule has 1 aromatic carbocycles. The number of amides is 1. The van der Waals surface area contributed by atoms with Crippen LogP contribution in [-0.4, -0.2) is 47.8 Å². The molecular weight excluding hydrogens is 498 g/mol. The second kappa shape index (κ2) is 10.5. The minimum absolute atomic E-state index is 0.0360. The van der Waals surface area contributed by atoms with Gasteiger partial charge in [-0.1, -0.05) is 25.0 Å². The van der Waals surface area contributed by atoms with Gasteiger partial charge in [0.15, 0.2) is 13.6 Å². The zero-order valence-corrected chi connectivity index (χ0v) is 20.7. The predicted molar refractivity (Wildman–Crippen MR) is 127 cm³/mol. The van der Waals surface area contributed by atoms with Crippen molar-refractivity contribution >= 4 is 19.0 Å². The van der Waals surface area contributed by atoms with E-state index in [4.69, 9.17) is 9.47 Å². The molecule has 1 saturated carbocycles. The van der Waals surface area contributed by atoms with E-state index in [-0.39, 0.29) is 42.5 Å². The summed E-state index contributed by atoms with van der Waals surface area (Å²) in [5.74, 6) is -4.59. The van der Waals surface area contributed by atoms with E-state index in [9.17, 15) is 26.7 Å². The van der Waals surface area contributed by atoms with E-state index in [2.05, 4.69) is 20.6 Å². The number of halogens is 5. The molecule has 13 heteroatoms. The van der Waals surface area contributed by atoms with Crippen LogP contribution in [0.4, 0.5) is 27.8 Å². The van der Waals surface area contributed by atoms with Gasteiger partial charge in [-0.25, -0.2) is 31.9 Å². The van der Waals surface area contributed by atoms with Gasteiger partial charge in [0.1, 0.15) is 17.5 Å². The van der Waals surface area contributed by atoms with Gasteiger partial charge in [-0.3, -0.25) is 4.79 Å². The number of carbonyl (C=O) groups excluding carboxylic acids is 1. The molecule has 1 aliphatic carbocycles. The summed E-state index contributed by atoms with van der Waals surface area (Å²) in [5, 5.41) is 5.76. The van der Waals surface area contributed by atoms with Gasteiger partial charge < -0.3 is 20.1 Å². The van der Waals surface area contributed by atoms with Crippen LogP contribution in [0.15, 0.2) is 18.2 Å². The first-order chi connectivity index (χ1) is 17.4. The van der Waals surface area contributed by atoms with E-state index in [1.807, 2.05) is 0 Å². The molecule has 2 aliphatic rings. The third kappa shape index (κ3) is 6.03. The summed E-state index contributed by atoms with van der Waals surface area (Å²) in [6.45, 7) is 5.46. The van der Waals surface area contributed by atoms with Crippen LogP contribution in [0, 0.1) is 12.7 Å². The molecule has 2 heterocycles. The summed E-state index contributed by atoms with van der Waals surface area (Å²) in [6.07, 6.45) is -5.07. The van der Waals surface area contributed by atoms with Crippen LogP contribution in [0.3, 0.4) is 0 Å². The Morgan fingerprint density at radius 3 is 2.43 bits per heavy atom. The molecule has 2 N–H and O–H groups in total. The number of alkyl halides is 4. The first-order valence-corrected chi connectivity index (χ1v) is 12.0. The van der Waals surface area contributed by atoms with Crippen LogP contribution in [0.1, 0.15) is 66.6 Å². The lowest BCUT2D eigenvalue weighted by molar-refractivity contribution is -0.143. The van der Waals surface area contributed by atoms with E-state index in [1.165, 1.54) is 12.1 Å². The Morgan fingerprint density at radius 2 is 1.84 bits per heavy atom. The summed E-state index contributed by atoms with van der Waals surface area (Å²) in [4.78, 5) is 21.6. The molecule has 1 atom stereocenters. The molecule has 37 heavy (non-hydrogen) atoms. The Bertz CT molecular complexity index is 1160. The fourth-order valence-electron chi connectivity index (χ4n) is 4.94. The maximum absolute atomic E-state index is 14.9. The Kier molecular flexibility index (Phi) is 7.75. The molecule has 200 valence electrons. The minimum atomic E-state index is -2.97. The van der Waals surface area contributed by atoms with Gasteiger partial charge in [-0.05, 0) is 13.8 Å². The van der Waals surface area contributed by atoms with Crippen molar-refractivity contribution < 1.29 is 36.2 Å². The number of carbonyl (C=O) groups is 1. The van der Waals surface area contributed by atoms with Crippen molar-refractivity contribution in [1.82, 2.24) is 15.3 Å². The fraction of sp³-hybridized carbons (Fsp3) is 0.542. The number of rotatable bonds is 9. The first kappa shape index (κ1) is 27.2. The van der Waals surface area contributed by atoms with Gasteiger partial charge in [-0.2, -0.15) is 0 Å². The van der Waals surface area contributed by atoms with Crippen molar-refractivity contribution in [1.29, 1.82) is 0 Å². The summed E-state index contributed by atoms with van der Waals surface area (Å²) in [7, 11) is 0.320. The second-order valence-electron chi connectivity index (χ2n) is 9.70. The number of anilines is 1. The quantitative estimate of drug-likeness (QED) is 0.374. The molecule has 0 radical (unpaired) electrons. The molecule has 2 aromatic rings. The van der Waals surface area contributed by atoms with Gasteiger partial charge in [0.25, 0.3) is 12.3 Å². The number of aromatic nitrogens is 2. The van der Waals surface area contributed by atoms with Crippen molar-refractivity contribution in [3.63, 3.8) is 0 Å². The Labute approximate surface area is 211 Å². The number of ether oxygens (including phenoxy) is 2. The largest absolute Gasteiger partial charge is 0.370 e. The lowest BCUT2D eigenvalue weighted by Crippen LogP contribution is -2.60. The molecule has 1 amide bonds. The molecule has 1 aromatic heterocycles. The number of nitrogens with one attached hydrogen (secondary N) is 2. The monoisotopic (exact) mass is 526 g/mol. The second-order valence-corrected chi connectivity index (χ2v) is 9.70. The van der Waals surface area contributed by atoms with Gasteiger partial charge >= 0.3 is 0 Å².